The number of carbonyl (C=O) groups excluding carboxylic acids is 1. The van der Waals surface area contributed by atoms with Crippen LogP contribution in [0.15, 0.2) is 30.3 Å². The summed E-state index contributed by atoms with van der Waals surface area (Å²) < 4.78 is 5.98. The minimum atomic E-state index is -0.948. The standard InChI is InChI=1S/C19H27NO3S/c1-24-12-9-19(14-21,16-5-3-2-4-6-16)18(22)23-17-13-20-10-7-15(17)8-11-20/h2-6,15,17,21H,7-14H2,1H3/t17-,19+/m0/s1. The lowest BCUT2D eigenvalue weighted by molar-refractivity contribution is -0.167. The molecule has 3 fully saturated rings. The van der Waals surface area contributed by atoms with Gasteiger partial charge in [0.2, 0.25) is 0 Å². The Balaban J connectivity index is 1.80. The van der Waals surface area contributed by atoms with Crippen LogP contribution in [0.5, 0.6) is 0 Å². The summed E-state index contributed by atoms with van der Waals surface area (Å²) in [5.41, 5.74) is -0.0937. The summed E-state index contributed by atoms with van der Waals surface area (Å²) in [5.74, 6) is 1.03. The molecule has 0 aliphatic carbocycles. The van der Waals surface area contributed by atoms with Crippen molar-refractivity contribution in [3.8, 4) is 0 Å². The first-order chi connectivity index (χ1) is 11.7. The first kappa shape index (κ1) is 17.8. The van der Waals surface area contributed by atoms with E-state index in [-0.39, 0.29) is 18.7 Å². The fourth-order valence-corrected chi connectivity index (χ4v) is 4.48. The van der Waals surface area contributed by atoms with Crippen LogP contribution >= 0.6 is 11.8 Å². The van der Waals surface area contributed by atoms with Crippen LogP contribution in [0.1, 0.15) is 24.8 Å². The normalized spacial score (nSPS) is 28.3. The quantitative estimate of drug-likeness (QED) is 0.766. The molecular weight excluding hydrogens is 322 g/mol. The monoisotopic (exact) mass is 349 g/mol. The summed E-state index contributed by atoms with van der Waals surface area (Å²) in [6.07, 6.45) is 4.81. The Morgan fingerprint density at radius 3 is 2.58 bits per heavy atom. The van der Waals surface area contributed by atoms with Gasteiger partial charge in [-0.25, -0.2) is 0 Å². The van der Waals surface area contributed by atoms with Crippen LogP contribution in [0, 0.1) is 5.92 Å². The van der Waals surface area contributed by atoms with Crippen LogP contribution in [0.4, 0.5) is 0 Å². The number of hydrogen-bond acceptors (Lipinski definition) is 5. The highest BCUT2D eigenvalue weighted by Crippen LogP contribution is 2.35. The largest absolute Gasteiger partial charge is 0.460 e. The van der Waals surface area contributed by atoms with Gasteiger partial charge >= 0.3 is 5.97 Å². The zero-order chi connectivity index (χ0) is 17.0. The highest BCUT2D eigenvalue weighted by atomic mass is 32.2. The van der Waals surface area contributed by atoms with Crippen molar-refractivity contribution in [2.75, 3.05) is 38.2 Å². The van der Waals surface area contributed by atoms with Gasteiger partial charge in [-0.1, -0.05) is 30.3 Å². The number of hydrogen-bond donors (Lipinski definition) is 1. The fraction of sp³-hybridized carbons (Fsp3) is 0.632. The fourth-order valence-electron chi connectivity index (χ4n) is 3.93. The summed E-state index contributed by atoms with van der Waals surface area (Å²) in [6.45, 7) is 2.87. The van der Waals surface area contributed by atoms with E-state index < -0.39 is 5.41 Å². The Bertz CT molecular complexity index is 545. The van der Waals surface area contributed by atoms with Gasteiger partial charge in [0.15, 0.2) is 0 Å². The van der Waals surface area contributed by atoms with Crippen LogP contribution in [-0.4, -0.2) is 60.3 Å². The second-order valence-corrected chi connectivity index (χ2v) is 7.92. The van der Waals surface area contributed by atoms with E-state index in [0.29, 0.717) is 12.3 Å². The molecule has 0 amide bonds. The average Bonchev–Trinajstić information content (AvgIpc) is 2.64. The molecule has 0 aromatic heterocycles. The molecule has 0 radical (unpaired) electrons. The Morgan fingerprint density at radius 1 is 1.33 bits per heavy atom. The van der Waals surface area contributed by atoms with Gasteiger partial charge in [-0.3, -0.25) is 9.69 Å². The molecule has 132 valence electrons. The number of rotatable bonds is 7. The number of esters is 1. The SMILES string of the molecule is CSCC[C@](CO)(C(=O)O[C@H]1CN2CCC1CC2)c1ccccc1. The lowest BCUT2D eigenvalue weighted by Gasteiger charge is -2.45. The summed E-state index contributed by atoms with van der Waals surface area (Å²) >= 11 is 1.69. The minimum Gasteiger partial charge on any atom is -0.460 e. The van der Waals surface area contributed by atoms with E-state index in [1.54, 1.807) is 11.8 Å². The van der Waals surface area contributed by atoms with Gasteiger partial charge in [0.05, 0.1) is 6.61 Å². The van der Waals surface area contributed by atoms with Gasteiger partial charge in [0.1, 0.15) is 11.5 Å². The first-order valence-corrected chi connectivity index (χ1v) is 10.2. The van der Waals surface area contributed by atoms with Gasteiger partial charge in [-0.2, -0.15) is 11.8 Å². The van der Waals surface area contributed by atoms with Gasteiger partial charge < -0.3 is 9.84 Å². The van der Waals surface area contributed by atoms with E-state index >= 15 is 0 Å². The van der Waals surface area contributed by atoms with Crippen LogP contribution < -0.4 is 0 Å². The number of aliphatic hydroxyl groups is 1. The molecule has 4 nitrogen and oxygen atoms in total. The molecule has 3 heterocycles. The molecule has 4 rings (SSSR count). The van der Waals surface area contributed by atoms with Crippen molar-refractivity contribution in [3.05, 3.63) is 35.9 Å². The molecule has 0 spiro atoms. The van der Waals surface area contributed by atoms with Crippen molar-refractivity contribution < 1.29 is 14.6 Å². The maximum atomic E-state index is 13.1. The average molecular weight is 349 g/mol. The molecule has 3 aliphatic rings. The second kappa shape index (κ2) is 7.89. The van der Waals surface area contributed by atoms with Crippen LogP contribution in [-0.2, 0) is 14.9 Å². The molecule has 2 bridgehead atoms. The van der Waals surface area contributed by atoms with Crippen molar-refractivity contribution >= 4 is 17.7 Å². The second-order valence-electron chi connectivity index (χ2n) is 6.93. The van der Waals surface area contributed by atoms with Crippen molar-refractivity contribution in [2.45, 2.75) is 30.8 Å². The molecular formula is C19H27NO3S. The molecule has 1 N–H and O–H groups in total. The maximum absolute atomic E-state index is 13.1. The van der Waals surface area contributed by atoms with E-state index in [2.05, 4.69) is 4.90 Å². The van der Waals surface area contributed by atoms with Crippen molar-refractivity contribution in [1.82, 2.24) is 4.90 Å². The third kappa shape index (κ3) is 3.48. The summed E-state index contributed by atoms with van der Waals surface area (Å²) in [4.78, 5) is 15.5. The predicted octanol–water partition coefficient (Wildman–Crippen LogP) is 2.31. The Hall–Kier alpha value is -1.04. The van der Waals surface area contributed by atoms with Gasteiger partial charge in [-0.15, -0.1) is 0 Å². The molecule has 1 aromatic rings. The summed E-state index contributed by atoms with van der Waals surface area (Å²) in [5, 5.41) is 10.2. The van der Waals surface area contributed by atoms with Crippen LogP contribution in [0.2, 0.25) is 0 Å². The van der Waals surface area contributed by atoms with Crippen LogP contribution in [0.3, 0.4) is 0 Å². The molecule has 0 unspecified atom stereocenters. The number of aliphatic hydroxyl groups excluding tert-OH is 1. The molecule has 24 heavy (non-hydrogen) atoms. The molecule has 3 aliphatic heterocycles. The number of ether oxygens (including phenoxy) is 1. The zero-order valence-corrected chi connectivity index (χ0v) is 15.1. The third-order valence-electron chi connectivity index (χ3n) is 5.57. The third-order valence-corrected chi connectivity index (χ3v) is 6.19. The highest BCUT2D eigenvalue weighted by Gasteiger charge is 2.44. The van der Waals surface area contributed by atoms with Gasteiger partial charge in [0.25, 0.3) is 0 Å². The number of piperidine rings is 3. The highest BCUT2D eigenvalue weighted by molar-refractivity contribution is 7.98. The number of carbonyl (C=O) groups is 1. The maximum Gasteiger partial charge on any atom is 0.319 e. The lowest BCUT2D eigenvalue weighted by Crippen LogP contribution is -2.54. The summed E-state index contributed by atoms with van der Waals surface area (Å²) in [6, 6.07) is 9.61. The van der Waals surface area contributed by atoms with Crippen molar-refractivity contribution in [3.63, 3.8) is 0 Å². The van der Waals surface area contributed by atoms with E-state index in [1.807, 2.05) is 36.6 Å². The minimum absolute atomic E-state index is 0.0242. The topological polar surface area (TPSA) is 49.8 Å². The van der Waals surface area contributed by atoms with Crippen molar-refractivity contribution in [2.24, 2.45) is 5.92 Å². The first-order valence-electron chi connectivity index (χ1n) is 8.78. The lowest BCUT2D eigenvalue weighted by atomic mass is 9.78. The zero-order valence-electron chi connectivity index (χ0n) is 14.3. The van der Waals surface area contributed by atoms with E-state index in [0.717, 1.165) is 43.8 Å². The van der Waals surface area contributed by atoms with Crippen molar-refractivity contribution in [1.29, 1.82) is 0 Å². The molecule has 2 atom stereocenters. The Morgan fingerprint density at radius 2 is 2.04 bits per heavy atom. The van der Waals surface area contributed by atoms with Gasteiger partial charge in [-0.05, 0) is 55.8 Å². The Labute approximate surface area is 148 Å². The molecule has 3 saturated heterocycles. The van der Waals surface area contributed by atoms with Gasteiger partial charge in [0, 0.05) is 6.54 Å². The number of fused-ring (bicyclic) bond motifs is 3. The molecule has 0 saturated carbocycles. The number of thioether (sulfide) groups is 1. The van der Waals surface area contributed by atoms with E-state index in [4.69, 9.17) is 4.74 Å². The number of benzene rings is 1. The van der Waals surface area contributed by atoms with Crippen LogP contribution in [0.25, 0.3) is 0 Å². The van der Waals surface area contributed by atoms with E-state index in [9.17, 15) is 9.90 Å². The number of nitrogens with zero attached hydrogens (tertiary/aromatic N) is 1. The summed E-state index contributed by atoms with van der Waals surface area (Å²) in [7, 11) is 0. The Kier molecular flexibility index (Phi) is 5.85. The van der Waals surface area contributed by atoms with E-state index in [1.165, 1.54) is 0 Å². The smallest absolute Gasteiger partial charge is 0.319 e. The molecule has 5 heteroatoms. The molecule has 1 aromatic carbocycles. The predicted molar refractivity (Wildman–Crippen MR) is 97.2 cm³/mol.